The molecule has 119 heavy (non-hydrogen) atoms. The number of pyridine rings is 18. The smallest absolute Gasteiger partial charge is 0.419 e. The Bertz CT molecular complexity index is 5100. The monoisotopic (exact) mass is 1560 g/mol. The van der Waals surface area contributed by atoms with E-state index >= 15 is 0 Å². The average molecular weight is 1560 g/mol. The van der Waals surface area contributed by atoms with Gasteiger partial charge in [-0.2, -0.15) is 0 Å². The Morgan fingerprint density at radius 2 is 0.269 bits per heavy atom. The van der Waals surface area contributed by atoms with Crippen LogP contribution < -0.4 is 28.4 Å². The number of ether oxygens (including phenoxy) is 7. The second kappa shape index (κ2) is 34.4. The predicted molar refractivity (Wildman–Crippen MR) is 444 cm³/mol. The lowest BCUT2D eigenvalue weighted by molar-refractivity contribution is -0.312. The van der Waals surface area contributed by atoms with E-state index in [1.807, 2.05) is 218 Å². The van der Waals surface area contributed by atoms with E-state index in [0.29, 0.717) is 137 Å². The molecular formula is C94H64N18O7. The van der Waals surface area contributed by atoms with Gasteiger partial charge in [-0.15, -0.1) is 0 Å². The quantitative estimate of drug-likeness (QED) is 0.0411. The van der Waals surface area contributed by atoms with Crippen molar-refractivity contribution in [1.82, 2.24) is 89.7 Å². The fourth-order valence-corrected chi connectivity index (χ4v) is 12.8. The number of hydrogen-bond acceptors (Lipinski definition) is 25. The van der Waals surface area contributed by atoms with E-state index in [1.165, 1.54) is 0 Å². The van der Waals surface area contributed by atoms with Gasteiger partial charge < -0.3 is 33.2 Å². The van der Waals surface area contributed by atoms with Crippen LogP contribution in [-0.4, -0.2) is 115 Å². The van der Waals surface area contributed by atoms with Crippen LogP contribution in [0.25, 0.3) is 137 Å². The van der Waals surface area contributed by atoms with Crippen molar-refractivity contribution in [3.05, 3.63) is 366 Å². The maximum Gasteiger partial charge on any atom is 0.442 e. The van der Waals surface area contributed by atoms with Crippen LogP contribution in [0.5, 0.6) is 34.5 Å². The highest BCUT2D eigenvalue weighted by molar-refractivity contribution is 5.71. The zero-order chi connectivity index (χ0) is 79.8. The molecule has 0 atom stereocenters. The van der Waals surface area contributed by atoms with Gasteiger partial charge in [0.1, 0.15) is 34.5 Å². The lowest BCUT2D eigenvalue weighted by atomic mass is 10.1. The molecule has 0 saturated carbocycles. The van der Waals surface area contributed by atoms with Crippen molar-refractivity contribution in [1.29, 1.82) is 0 Å². The third-order valence-corrected chi connectivity index (χ3v) is 18.1. The van der Waals surface area contributed by atoms with Gasteiger partial charge in [-0.25, -0.2) is 29.9 Å². The molecule has 18 rings (SSSR count). The highest BCUT2D eigenvalue weighted by Crippen LogP contribution is 2.41. The van der Waals surface area contributed by atoms with E-state index in [9.17, 15) is 0 Å². The summed E-state index contributed by atoms with van der Waals surface area (Å²) in [7, 11) is 0. The lowest BCUT2D eigenvalue weighted by Crippen LogP contribution is -2.56. The van der Waals surface area contributed by atoms with Crippen molar-refractivity contribution >= 4 is 0 Å². The average Bonchev–Trinajstić information content (AvgIpc) is 0.778. The third kappa shape index (κ3) is 17.8. The first-order chi connectivity index (χ1) is 58.8. The molecule has 0 unspecified atom stereocenters. The first kappa shape index (κ1) is 73.9. The first-order valence-corrected chi connectivity index (χ1v) is 37.6. The van der Waals surface area contributed by atoms with Gasteiger partial charge in [0.05, 0.1) is 137 Å². The minimum absolute atomic E-state index is 0.121. The summed E-state index contributed by atoms with van der Waals surface area (Å²) >= 11 is 0. The Balaban J connectivity index is 0.898. The zero-order valence-corrected chi connectivity index (χ0v) is 63.0. The first-order valence-electron chi connectivity index (χ1n) is 37.6. The van der Waals surface area contributed by atoms with Crippen molar-refractivity contribution in [3.63, 3.8) is 0 Å². The van der Waals surface area contributed by atoms with Gasteiger partial charge in [-0.3, -0.25) is 59.8 Å². The molecular weight excluding hydrogens is 1490 g/mol. The molecule has 0 aliphatic heterocycles. The Kier molecular flexibility index (Phi) is 21.4. The highest BCUT2D eigenvalue weighted by Gasteiger charge is 2.46. The Morgan fingerprint density at radius 3 is 0.370 bits per heavy atom. The largest absolute Gasteiger partial charge is 0.442 e. The Hall–Kier alpha value is -16.5. The number of aromatic nitrogens is 18. The van der Waals surface area contributed by atoms with E-state index in [0.717, 1.165) is 0 Å². The van der Waals surface area contributed by atoms with Gasteiger partial charge in [0.2, 0.25) is 0 Å². The van der Waals surface area contributed by atoms with Crippen molar-refractivity contribution in [2.75, 3.05) is 13.2 Å². The second-order valence-electron chi connectivity index (χ2n) is 26.5. The fourth-order valence-electron chi connectivity index (χ4n) is 12.8. The highest BCUT2D eigenvalue weighted by atomic mass is 16.9. The molecule has 0 fully saturated rings. The molecule has 0 N–H and O–H groups in total. The van der Waals surface area contributed by atoms with E-state index in [4.69, 9.17) is 123 Å². The van der Waals surface area contributed by atoms with Crippen LogP contribution in [0.15, 0.2) is 366 Å². The maximum absolute atomic E-state index is 7.72. The van der Waals surface area contributed by atoms with Crippen LogP contribution in [0, 0.1) is 0 Å². The molecule has 18 heterocycles. The van der Waals surface area contributed by atoms with Gasteiger partial charge in [-0.1, -0.05) is 72.8 Å². The van der Waals surface area contributed by atoms with Gasteiger partial charge >= 0.3 is 11.9 Å². The van der Waals surface area contributed by atoms with Crippen molar-refractivity contribution in [3.8, 4) is 171 Å². The van der Waals surface area contributed by atoms with Crippen LogP contribution in [-0.2, 0) is 4.74 Å². The summed E-state index contributed by atoms with van der Waals surface area (Å²) < 4.78 is 53.9. The minimum Gasteiger partial charge on any atom is -0.419 e. The number of nitrogens with zero attached hydrogens (tertiary/aromatic N) is 18. The molecule has 0 saturated heterocycles. The predicted octanol–water partition coefficient (Wildman–Crippen LogP) is 17.9. The Labute approximate surface area is 681 Å². The van der Waals surface area contributed by atoms with Gasteiger partial charge in [0.15, 0.2) is 13.2 Å². The molecule has 572 valence electrons. The van der Waals surface area contributed by atoms with Crippen molar-refractivity contribution in [2.45, 2.75) is 11.9 Å². The molecule has 0 aliphatic carbocycles. The van der Waals surface area contributed by atoms with Crippen molar-refractivity contribution in [2.24, 2.45) is 0 Å². The molecule has 0 aromatic carbocycles. The van der Waals surface area contributed by atoms with Gasteiger partial charge in [0.25, 0.3) is 0 Å². The zero-order valence-electron chi connectivity index (χ0n) is 63.0. The van der Waals surface area contributed by atoms with Gasteiger partial charge in [-0.05, 0) is 146 Å². The van der Waals surface area contributed by atoms with E-state index in [1.54, 1.807) is 147 Å². The molecule has 25 nitrogen and oxygen atoms in total. The molecule has 18 aromatic rings. The molecule has 25 heteroatoms. The van der Waals surface area contributed by atoms with Crippen molar-refractivity contribution < 1.29 is 33.2 Å². The third-order valence-electron chi connectivity index (χ3n) is 18.1. The summed E-state index contributed by atoms with van der Waals surface area (Å²) in [5.41, 5.74) is 10.6. The minimum atomic E-state index is -2.61. The summed E-state index contributed by atoms with van der Waals surface area (Å²) in [6.07, 6.45) is 20.1. The van der Waals surface area contributed by atoms with E-state index < -0.39 is 25.2 Å². The van der Waals surface area contributed by atoms with Crippen LogP contribution >= 0.6 is 0 Å². The van der Waals surface area contributed by atoms with Crippen LogP contribution in [0.2, 0.25) is 0 Å². The maximum atomic E-state index is 7.72. The molecule has 0 spiro atoms. The van der Waals surface area contributed by atoms with Crippen LogP contribution in [0.1, 0.15) is 0 Å². The number of rotatable bonds is 28. The molecule has 18 aromatic heterocycles. The molecule has 0 radical (unpaired) electrons. The van der Waals surface area contributed by atoms with Crippen LogP contribution in [0.3, 0.4) is 0 Å². The summed E-state index contributed by atoms with van der Waals surface area (Å²) in [6, 6.07) is 86.9. The lowest BCUT2D eigenvalue weighted by Gasteiger charge is -2.37. The van der Waals surface area contributed by atoms with Gasteiger partial charge in [0, 0.05) is 147 Å². The normalized spacial score (nSPS) is 11.3. The fraction of sp³-hybridized carbons (Fsp3) is 0.0426. The standard InChI is InChI=1S/C94H64N18O7/c1-13-37-95-69(25-1)81-49-63(50-82(107-81)70-26-2-14-38-96-70)114-93(115-64-51-83(71-27-3-15-39-97-71)108-84(52-64)72-28-4-16-40-98-72,116-65-53-85(73-29-5-17-41-99-73)109-86(54-65)74-30-6-18-42-100-74)61-113-62-94(117-66-55-87(75-31-7-19-43-101-75)110-88(56-66)76-32-8-20-44-102-76,118-67-57-89(77-33-9-21-45-103-77)111-90(58-67)78-34-10-22-46-104-78)119-68-59-91(79-35-11-23-47-105-79)112-92(60-68)80-36-12-24-48-106-80/h1-60H,61-62H2. The van der Waals surface area contributed by atoms with E-state index in [-0.39, 0.29) is 34.5 Å². The summed E-state index contributed by atoms with van der Waals surface area (Å²) in [5, 5.41) is 0. The van der Waals surface area contributed by atoms with E-state index in [2.05, 4.69) is 0 Å². The SMILES string of the molecule is c1ccc(-c2cc(OC(COCC(Oc3cc(-c4ccccn4)nc(-c4ccccn4)c3)(Oc3cc(-c4ccccn4)nc(-c4ccccn4)c3)Oc3cc(-c4ccccn4)nc(-c4ccccn4)c3)(Oc3cc(-c4ccccn4)nc(-c4ccccn4)c3)Oc3cc(-c4ccccn4)nc(-c4ccccn4)c3)cc(-c3ccccn3)n2)nc1. The molecule has 0 amide bonds. The second-order valence-corrected chi connectivity index (χ2v) is 26.5. The Morgan fingerprint density at radius 1 is 0.151 bits per heavy atom. The number of hydrogen-bond donors (Lipinski definition) is 0. The topological polar surface area (TPSA) is 297 Å². The summed E-state index contributed by atoms with van der Waals surface area (Å²) in [6.45, 7) is -1.52. The summed E-state index contributed by atoms with van der Waals surface area (Å²) in [4.78, 5) is 88.5. The molecule has 0 bridgehead atoms. The van der Waals surface area contributed by atoms with Crippen LogP contribution in [0.4, 0.5) is 0 Å². The molecule has 0 aliphatic rings. The summed E-state index contributed by atoms with van der Waals surface area (Å²) in [5.74, 6) is -4.49.